The summed E-state index contributed by atoms with van der Waals surface area (Å²) in [6.07, 6.45) is 6.94. The largest absolute Gasteiger partial charge is 0.481 e. The summed E-state index contributed by atoms with van der Waals surface area (Å²) in [5.41, 5.74) is 3.68. The molecular formula is C24H25N5O3. The smallest absolute Gasteiger partial charge is 0.415 e. The molecule has 1 saturated heterocycles. The average molecular weight is 431 g/mol. The summed E-state index contributed by atoms with van der Waals surface area (Å²) in [7, 11) is 1.58. The van der Waals surface area contributed by atoms with E-state index in [0.29, 0.717) is 23.9 Å². The van der Waals surface area contributed by atoms with E-state index in [0.717, 1.165) is 54.5 Å². The third-order valence-corrected chi connectivity index (χ3v) is 6.64. The van der Waals surface area contributed by atoms with E-state index >= 15 is 0 Å². The maximum absolute atomic E-state index is 12.8. The number of aromatic nitrogens is 3. The molecule has 0 N–H and O–H groups in total. The first-order valence-electron chi connectivity index (χ1n) is 10.9. The molecule has 1 spiro atoms. The van der Waals surface area contributed by atoms with Gasteiger partial charge in [-0.25, -0.2) is 14.8 Å². The van der Waals surface area contributed by atoms with Crippen LogP contribution >= 0.6 is 0 Å². The summed E-state index contributed by atoms with van der Waals surface area (Å²) >= 11 is 0. The van der Waals surface area contributed by atoms with Crippen LogP contribution in [0.15, 0.2) is 36.8 Å². The van der Waals surface area contributed by atoms with Gasteiger partial charge in [-0.2, -0.15) is 5.26 Å². The Balaban J connectivity index is 1.35. The number of hydrogen-bond donors (Lipinski definition) is 0. The lowest BCUT2D eigenvalue weighted by atomic mass is 9.78. The Kier molecular flexibility index (Phi) is 4.97. The fourth-order valence-corrected chi connectivity index (χ4v) is 5.11. The van der Waals surface area contributed by atoms with Gasteiger partial charge in [0.2, 0.25) is 5.88 Å². The predicted molar refractivity (Wildman–Crippen MR) is 118 cm³/mol. The van der Waals surface area contributed by atoms with Gasteiger partial charge in [-0.15, -0.1) is 0 Å². The topological polar surface area (TPSA) is 93.3 Å². The first kappa shape index (κ1) is 20.3. The Hall–Kier alpha value is -3.60. The molecule has 2 aliphatic rings. The molecule has 1 saturated carbocycles. The number of amides is 1. The van der Waals surface area contributed by atoms with Crippen molar-refractivity contribution in [3.8, 4) is 11.9 Å². The molecule has 2 unspecified atom stereocenters. The molecule has 1 aromatic carbocycles. The molecule has 1 aliphatic heterocycles. The van der Waals surface area contributed by atoms with Crippen LogP contribution in [0.4, 0.5) is 10.5 Å². The lowest BCUT2D eigenvalue weighted by molar-refractivity contribution is 0.00439. The lowest BCUT2D eigenvalue weighted by Crippen LogP contribution is -2.40. The van der Waals surface area contributed by atoms with Gasteiger partial charge in [0.05, 0.1) is 54.5 Å². The van der Waals surface area contributed by atoms with Gasteiger partial charge in [0.1, 0.15) is 5.60 Å². The van der Waals surface area contributed by atoms with E-state index in [1.165, 1.54) is 0 Å². The first-order valence-corrected chi connectivity index (χ1v) is 10.9. The maximum atomic E-state index is 12.8. The molecule has 164 valence electrons. The Morgan fingerprint density at radius 3 is 3.00 bits per heavy atom. The van der Waals surface area contributed by atoms with Gasteiger partial charge >= 0.3 is 6.09 Å². The molecule has 5 rings (SSSR count). The first-order chi connectivity index (χ1) is 15.5. The Morgan fingerprint density at radius 1 is 1.34 bits per heavy atom. The van der Waals surface area contributed by atoms with Crippen molar-refractivity contribution in [2.24, 2.45) is 5.92 Å². The highest BCUT2D eigenvalue weighted by Gasteiger charge is 2.48. The number of imidazole rings is 1. The van der Waals surface area contributed by atoms with E-state index in [2.05, 4.69) is 20.6 Å². The van der Waals surface area contributed by atoms with Crippen molar-refractivity contribution in [2.45, 2.75) is 44.8 Å². The zero-order valence-electron chi connectivity index (χ0n) is 18.2. The molecular weight excluding hydrogens is 406 g/mol. The van der Waals surface area contributed by atoms with Crippen LogP contribution in [0.1, 0.15) is 36.8 Å². The summed E-state index contributed by atoms with van der Waals surface area (Å²) < 4.78 is 13.3. The minimum absolute atomic E-state index is 0.313. The van der Waals surface area contributed by atoms with Crippen LogP contribution in [0, 0.1) is 24.2 Å². The Labute approximate surface area is 186 Å². The van der Waals surface area contributed by atoms with E-state index in [1.807, 2.05) is 31.5 Å². The second kappa shape index (κ2) is 7.83. The average Bonchev–Trinajstić information content (AvgIpc) is 3.33. The highest BCUT2D eigenvalue weighted by Crippen LogP contribution is 2.42. The molecule has 1 amide bonds. The van der Waals surface area contributed by atoms with Gasteiger partial charge in [-0.1, -0.05) is 0 Å². The molecule has 2 aromatic heterocycles. The fourth-order valence-electron chi connectivity index (χ4n) is 5.11. The monoisotopic (exact) mass is 431 g/mol. The molecule has 3 aromatic rings. The van der Waals surface area contributed by atoms with Crippen molar-refractivity contribution < 1.29 is 14.3 Å². The molecule has 3 heterocycles. The number of nitriles is 1. The number of benzene rings is 1. The van der Waals surface area contributed by atoms with Gasteiger partial charge in [-0.3, -0.25) is 4.90 Å². The van der Waals surface area contributed by atoms with E-state index in [-0.39, 0.29) is 6.09 Å². The van der Waals surface area contributed by atoms with Gasteiger partial charge in [0.15, 0.2) is 0 Å². The van der Waals surface area contributed by atoms with Crippen LogP contribution in [-0.2, 0) is 11.3 Å². The number of anilines is 1. The second-order valence-corrected chi connectivity index (χ2v) is 8.82. The summed E-state index contributed by atoms with van der Waals surface area (Å²) in [6, 6.07) is 9.59. The van der Waals surface area contributed by atoms with Crippen molar-refractivity contribution in [1.82, 2.24) is 14.5 Å². The van der Waals surface area contributed by atoms with Crippen LogP contribution in [0.2, 0.25) is 0 Å². The Morgan fingerprint density at radius 2 is 2.22 bits per heavy atom. The van der Waals surface area contributed by atoms with Crippen molar-refractivity contribution in [2.75, 3.05) is 18.6 Å². The van der Waals surface area contributed by atoms with Gasteiger partial charge in [0.25, 0.3) is 0 Å². The van der Waals surface area contributed by atoms with Gasteiger partial charge in [-0.05, 0) is 62.3 Å². The second-order valence-electron chi connectivity index (χ2n) is 8.82. The number of carbonyl (C=O) groups excluding carboxylic acids is 1. The molecule has 2 atom stereocenters. The number of rotatable bonds is 4. The number of methoxy groups -OCH3 is 1. The quantitative estimate of drug-likeness (QED) is 0.614. The van der Waals surface area contributed by atoms with Crippen LogP contribution in [0.3, 0.4) is 0 Å². The molecule has 8 heteroatoms. The van der Waals surface area contributed by atoms with Crippen LogP contribution in [-0.4, -0.2) is 39.9 Å². The molecule has 0 bridgehead atoms. The third kappa shape index (κ3) is 3.54. The number of nitrogens with zero attached hydrogens (tertiary/aromatic N) is 5. The number of aryl methyl sites for hydroxylation is 1. The number of pyridine rings is 1. The summed E-state index contributed by atoms with van der Waals surface area (Å²) in [5.74, 6) is 0.883. The minimum Gasteiger partial charge on any atom is -0.481 e. The third-order valence-electron chi connectivity index (χ3n) is 6.64. The van der Waals surface area contributed by atoms with E-state index in [4.69, 9.17) is 9.47 Å². The Bertz CT molecular complexity index is 1230. The molecule has 8 nitrogen and oxygen atoms in total. The van der Waals surface area contributed by atoms with E-state index in [9.17, 15) is 10.1 Å². The van der Waals surface area contributed by atoms with Crippen molar-refractivity contribution in [3.63, 3.8) is 0 Å². The van der Waals surface area contributed by atoms with Crippen LogP contribution in [0.25, 0.3) is 11.0 Å². The summed E-state index contributed by atoms with van der Waals surface area (Å²) in [4.78, 5) is 23.3. The zero-order valence-corrected chi connectivity index (χ0v) is 18.2. The van der Waals surface area contributed by atoms with E-state index < -0.39 is 5.60 Å². The number of hydrogen-bond acceptors (Lipinski definition) is 6. The minimum atomic E-state index is -0.486. The fraction of sp³-hybridized carbons (Fsp3) is 0.417. The van der Waals surface area contributed by atoms with E-state index in [1.54, 1.807) is 24.3 Å². The summed E-state index contributed by atoms with van der Waals surface area (Å²) in [6.45, 7) is 3.26. The maximum Gasteiger partial charge on any atom is 0.415 e. The van der Waals surface area contributed by atoms with Crippen LogP contribution in [0.5, 0.6) is 5.88 Å². The highest BCUT2D eigenvalue weighted by atomic mass is 16.6. The molecule has 1 aliphatic carbocycles. The SMILES string of the molecule is COc1cc(C)c(N2CC3(CCCC(Cn4cnc5ccc(C#N)cc54)C3)OC2=O)cn1. The summed E-state index contributed by atoms with van der Waals surface area (Å²) in [5, 5.41) is 9.23. The van der Waals surface area contributed by atoms with Crippen molar-refractivity contribution >= 4 is 22.8 Å². The van der Waals surface area contributed by atoms with Crippen LogP contribution < -0.4 is 9.64 Å². The van der Waals surface area contributed by atoms with Gasteiger partial charge < -0.3 is 14.0 Å². The lowest BCUT2D eigenvalue weighted by Gasteiger charge is -2.36. The highest BCUT2D eigenvalue weighted by molar-refractivity contribution is 5.91. The van der Waals surface area contributed by atoms with Crippen molar-refractivity contribution in [3.05, 3.63) is 47.9 Å². The van der Waals surface area contributed by atoms with Gasteiger partial charge in [0, 0.05) is 12.6 Å². The number of carbonyl (C=O) groups is 1. The normalized spacial score (nSPS) is 22.8. The standard InChI is InChI=1S/C24H25N5O3/c1-16-8-22(31-2)26-12-21(16)29-14-24(32-23(29)30)7-3-4-18(10-24)13-28-15-27-19-6-5-17(11-25)9-20(19)28/h5-6,8-9,12,15,18H,3-4,7,10,13-14H2,1-2H3. The molecule has 2 fully saturated rings. The zero-order chi connectivity index (χ0) is 22.3. The predicted octanol–water partition coefficient (Wildman–Crippen LogP) is 4.21. The number of fused-ring (bicyclic) bond motifs is 1. The molecule has 32 heavy (non-hydrogen) atoms. The molecule has 0 radical (unpaired) electrons. The van der Waals surface area contributed by atoms with Crippen molar-refractivity contribution in [1.29, 1.82) is 5.26 Å². The number of ether oxygens (including phenoxy) is 2.